The van der Waals surface area contributed by atoms with Crippen molar-refractivity contribution >= 4 is 5.78 Å². The quantitative estimate of drug-likeness (QED) is 0.586. The van der Waals surface area contributed by atoms with Gasteiger partial charge < -0.3 is 0 Å². The number of carbonyl (C=O) groups is 1. The Bertz CT molecular complexity index is 525. The Labute approximate surface area is 107 Å². The Morgan fingerprint density at radius 2 is 1.79 bits per heavy atom. The summed E-state index contributed by atoms with van der Waals surface area (Å²) in [5.74, 6) is -0.924. The van der Waals surface area contributed by atoms with Gasteiger partial charge in [-0.1, -0.05) is 12.5 Å². The normalized spacial score (nSPS) is 29.2. The minimum Gasteiger partial charge on any atom is -0.294 e. The molecular formula is C14H12F4O. The van der Waals surface area contributed by atoms with Gasteiger partial charge in [-0.15, -0.1) is 0 Å². The summed E-state index contributed by atoms with van der Waals surface area (Å²) in [5.41, 5.74) is -1.26. The van der Waals surface area contributed by atoms with Crippen molar-refractivity contribution in [2.75, 3.05) is 0 Å². The molecule has 0 N–H and O–H groups in total. The van der Waals surface area contributed by atoms with E-state index in [1.54, 1.807) is 0 Å². The molecule has 0 bridgehead atoms. The Morgan fingerprint density at radius 3 is 2.32 bits per heavy atom. The van der Waals surface area contributed by atoms with Crippen LogP contribution in [0.25, 0.3) is 0 Å². The van der Waals surface area contributed by atoms with E-state index in [0.717, 1.165) is 31.4 Å². The molecule has 0 aromatic heterocycles. The maximum atomic E-state index is 13.4. The summed E-state index contributed by atoms with van der Waals surface area (Å²) >= 11 is 0. The van der Waals surface area contributed by atoms with Gasteiger partial charge in [0.2, 0.25) is 0 Å². The van der Waals surface area contributed by atoms with Crippen LogP contribution < -0.4 is 0 Å². The van der Waals surface area contributed by atoms with Gasteiger partial charge in [-0.3, -0.25) is 4.79 Å². The second kappa shape index (κ2) is 4.05. The second-order valence-electron chi connectivity index (χ2n) is 5.34. The van der Waals surface area contributed by atoms with Crippen LogP contribution in [0.3, 0.4) is 0 Å². The van der Waals surface area contributed by atoms with Crippen LogP contribution in [0.15, 0.2) is 18.2 Å². The molecule has 2 aliphatic rings. The summed E-state index contributed by atoms with van der Waals surface area (Å²) in [6.45, 7) is 0. The molecule has 1 aromatic carbocycles. The maximum absolute atomic E-state index is 13.4. The van der Waals surface area contributed by atoms with Crippen molar-refractivity contribution in [2.24, 2.45) is 17.8 Å². The average molecular weight is 272 g/mol. The molecule has 0 aliphatic heterocycles. The first-order valence-corrected chi connectivity index (χ1v) is 6.30. The number of fused-ring (bicyclic) bond motifs is 1. The van der Waals surface area contributed by atoms with Gasteiger partial charge >= 0.3 is 6.18 Å². The highest BCUT2D eigenvalue weighted by Gasteiger charge is 2.56. The third-order valence-electron chi connectivity index (χ3n) is 4.27. The number of Topliss-reactive ketones (excluding diaryl/α,β-unsaturated/α-hetero) is 1. The summed E-state index contributed by atoms with van der Waals surface area (Å²) in [6, 6.07) is 2.46. The topological polar surface area (TPSA) is 17.1 Å². The van der Waals surface area contributed by atoms with Crippen LogP contribution in [0.1, 0.15) is 35.2 Å². The molecule has 102 valence electrons. The highest BCUT2D eigenvalue weighted by atomic mass is 19.4. The standard InChI is InChI=1S/C14H12F4O/c15-11-6-7(4-5-10(11)14(16,17)18)13(19)12-8-2-1-3-9(8)12/h4-6,8-9,12H,1-3H2. The van der Waals surface area contributed by atoms with Crippen molar-refractivity contribution in [1.82, 2.24) is 0 Å². The van der Waals surface area contributed by atoms with E-state index in [0.29, 0.717) is 17.9 Å². The zero-order valence-electron chi connectivity index (χ0n) is 10.0. The van der Waals surface area contributed by atoms with Crippen LogP contribution in [0.5, 0.6) is 0 Å². The van der Waals surface area contributed by atoms with Crippen LogP contribution >= 0.6 is 0 Å². The first kappa shape index (κ1) is 12.6. The van der Waals surface area contributed by atoms with E-state index in [2.05, 4.69) is 0 Å². The fraction of sp³-hybridized carbons (Fsp3) is 0.500. The van der Waals surface area contributed by atoms with Gasteiger partial charge in [0.05, 0.1) is 5.56 Å². The molecule has 2 saturated carbocycles. The highest BCUT2D eigenvalue weighted by Crippen LogP contribution is 2.58. The summed E-state index contributed by atoms with van der Waals surface area (Å²) in [5, 5.41) is 0. The lowest BCUT2D eigenvalue weighted by Crippen LogP contribution is -2.11. The van der Waals surface area contributed by atoms with E-state index in [1.807, 2.05) is 0 Å². The largest absolute Gasteiger partial charge is 0.419 e. The molecule has 2 unspecified atom stereocenters. The highest BCUT2D eigenvalue weighted by molar-refractivity contribution is 6.00. The van der Waals surface area contributed by atoms with Crippen molar-refractivity contribution in [3.8, 4) is 0 Å². The number of carbonyl (C=O) groups excluding carboxylic acids is 1. The van der Waals surface area contributed by atoms with Gasteiger partial charge in [-0.25, -0.2) is 4.39 Å². The Morgan fingerprint density at radius 1 is 1.16 bits per heavy atom. The van der Waals surface area contributed by atoms with Gasteiger partial charge in [0, 0.05) is 11.5 Å². The third-order valence-corrected chi connectivity index (χ3v) is 4.27. The Hall–Kier alpha value is -1.39. The number of benzene rings is 1. The second-order valence-corrected chi connectivity index (χ2v) is 5.34. The Balaban J connectivity index is 1.83. The van der Waals surface area contributed by atoms with E-state index >= 15 is 0 Å². The van der Waals surface area contributed by atoms with Crippen LogP contribution in [-0.4, -0.2) is 5.78 Å². The number of ketones is 1. The predicted molar refractivity (Wildman–Crippen MR) is 60.1 cm³/mol. The molecule has 2 atom stereocenters. The van der Waals surface area contributed by atoms with Crippen LogP contribution in [-0.2, 0) is 6.18 Å². The molecule has 0 heterocycles. The van der Waals surface area contributed by atoms with Gasteiger partial charge in [0.25, 0.3) is 0 Å². The van der Waals surface area contributed by atoms with Crippen molar-refractivity contribution in [3.63, 3.8) is 0 Å². The molecule has 1 nitrogen and oxygen atoms in total. The molecule has 3 rings (SSSR count). The number of rotatable bonds is 2. The summed E-state index contributed by atoms with van der Waals surface area (Å²) in [7, 11) is 0. The molecule has 2 fully saturated rings. The lowest BCUT2D eigenvalue weighted by molar-refractivity contribution is -0.140. The van der Waals surface area contributed by atoms with Crippen molar-refractivity contribution in [3.05, 3.63) is 35.1 Å². The van der Waals surface area contributed by atoms with Crippen molar-refractivity contribution in [1.29, 1.82) is 0 Å². The smallest absolute Gasteiger partial charge is 0.294 e. The molecule has 1 aromatic rings. The van der Waals surface area contributed by atoms with Gasteiger partial charge in [0.15, 0.2) is 5.78 Å². The molecule has 0 radical (unpaired) electrons. The van der Waals surface area contributed by atoms with Crippen molar-refractivity contribution < 1.29 is 22.4 Å². The lowest BCUT2D eigenvalue weighted by Gasteiger charge is -2.09. The minimum absolute atomic E-state index is 0.0601. The number of halogens is 4. The molecule has 2 aliphatic carbocycles. The van der Waals surface area contributed by atoms with Crippen LogP contribution in [0.2, 0.25) is 0 Å². The summed E-state index contributed by atoms with van der Waals surface area (Å²) in [4.78, 5) is 12.1. The molecule has 19 heavy (non-hydrogen) atoms. The Kier molecular flexibility index (Phi) is 2.69. The summed E-state index contributed by atoms with van der Waals surface area (Å²) in [6.07, 6.45) is -1.60. The molecule has 0 saturated heterocycles. The summed E-state index contributed by atoms with van der Waals surface area (Å²) < 4.78 is 50.7. The third kappa shape index (κ3) is 2.05. The number of alkyl halides is 3. The monoisotopic (exact) mass is 272 g/mol. The first-order chi connectivity index (χ1) is 8.89. The fourth-order valence-electron chi connectivity index (χ4n) is 3.30. The molecule has 0 amide bonds. The van der Waals surface area contributed by atoms with E-state index in [4.69, 9.17) is 0 Å². The first-order valence-electron chi connectivity index (χ1n) is 6.30. The van der Waals surface area contributed by atoms with E-state index < -0.39 is 17.6 Å². The van der Waals surface area contributed by atoms with Crippen molar-refractivity contribution in [2.45, 2.75) is 25.4 Å². The van der Waals surface area contributed by atoms with Gasteiger partial charge in [-0.2, -0.15) is 13.2 Å². The zero-order valence-corrected chi connectivity index (χ0v) is 10.0. The SMILES string of the molecule is O=C(c1ccc(C(F)(F)F)c(F)c1)C1C2CCCC21. The minimum atomic E-state index is -4.72. The zero-order chi connectivity index (χ0) is 13.8. The van der Waals surface area contributed by atoms with Crippen LogP contribution in [0, 0.1) is 23.6 Å². The van der Waals surface area contributed by atoms with Gasteiger partial charge in [-0.05, 0) is 36.8 Å². The average Bonchev–Trinajstić information content (AvgIpc) is 2.79. The number of hydrogen-bond acceptors (Lipinski definition) is 1. The van der Waals surface area contributed by atoms with E-state index in [9.17, 15) is 22.4 Å². The molecule has 5 heteroatoms. The fourth-order valence-corrected chi connectivity index (χ4v) is 3.30. The van der Waals surface area contributed by atoms with E-state index in [-0.39, 0.29) is 17.3 Å². The lowest BCUT2D eigenvalue weighted by atomic mass is 10.00. The maximum Gasteiger partial charge on any atom is 0.419 e. The van der Waals surface area contributed by atoms with Gasteiger partial charge in [0.1, 0.15) is 5.82 Å². The molecular weight excluding hydrogens is 260 g/mol. The number of hydrogen-bond donors (Lipinski definition) is 0. The van der Waals surface area contributed by atoms with Crippen LogP contribution in [0.4, 0.5) is 17.6 Å². The molecule has 0 spiro atoms. The van der Waals surface area contributed by atoms with E-state index in [1.165, 1.54) is 0 Å². The predicted octanol–water partition coefficient (Wildman–Crippen LogP) is 4.07.